The molecule has 2 aromatic rings. The molecule has 1 heterocycles. The summed E-state index contributed by atoms with van der Waals surface area (Å²) in [6.45, 7) is 1.56. The molecule has 0 bridgehead atoms. The van der Waals surface area contributed by atoms with E-state index in [4.69, 9.17) is 0 Å². The van der Waals surface area contributed by atoms with Gasteiger partial charge in [-0.25, -0.2) is 18.4 Å². The lowest BCUT2D eigenvalue weighted by Gasteiger charge is -2.11. The molecule has 1 aromatic carbocycles. The summed E-state index contributed by atoms with van der Waals surface area (Å²) in [6.07, 6.45) is 1.03. The van der Waals surface area contributed by atoms with Gasteiger partial charge in [-0.1, -0.05) is 15.9 Å². The van der Waals surface area contributed by atoms with Crippen LogP contribution in [0, 0.1) is 6.92 Å². The maximum Gasteiger partial charge on any atom is 0.501 e. The lowest BCUT2D eigenvalue weighted by atomic mass is 10.2. The fourth-order valence-corrected chi connectivity index (χ4v) is 3.11. The Hall–Kier alpha value is -1.22. The summed E-state index contributed by atoms with van der Waals surface area (Å²) in [5, 5.41) is 0.250. The van der Waals surface area contributed by atoms with Crippen LogP contribution in [-0.4, -0.2) is 23.9 Å². The lowest BCUT2D eigenvalue weighted by Crippen LogP contribution is -2.23. The van der Waals surface area contributed by atoms with E-state index in [1.807, 2.05) is 0 Å². The van der Waals surface area contributed by atoms with E-state index >= 15 is 0 Å². The van der Waals surface area contributed by atoms with E-state index in [1.54, 1.807) is 6.92 Å². The molecule has 0 aliphatic carbocycles. The number of halogens is 4. The number of hydrogen-bond acceptors (Lipinski definition) is 4. The zero-order chi connectivity index (χ0) is 14.4. The number of sulfone groups is 1. The van der Waals surface area contributed by atoms with Crippen LogP contribution in [0.4, 0.5) is 13.2 Å². The summed E-state index contributed by atoms with van der Waals surface area (Å²) < 4.78 is 61.2. The van der Waals surface area contributed by atoms with Gasteiger partial charge in [-0.2, -0.15) is 13.2 Å². The van der Waals surface area contributed by atoms with Gasteiger partial charge in [0.15, 0.2) is 0 Å². The monoisotopic (exact) mass is 354 g/mol. The van der Waals surface area contributed by atoms with Crippen LogP contribution in [0.3, 0.4) is 0 Å². The van der Waals surface area contributed by atoms with Gasteiger partial charge in [-0.3, -0.25) is 0 Å². The molecule has 2 rings (SSSR count). The molecule has 0 radical (unpaired) electrons. The molecule has 0 unspecified atom stereocenters. The summed E-state index contributed by atoms with van der Waals surface area (Å²) in [6, 6.07) is 2.36. The normalized spacial score (nSPS) is 12.9. The van der Waals surface area contributed by atoms with Gasteiger partial charge in [0.05, 0.1) is 5.52 Å². The van der Waals surface area contributed by atoms with E-state index in [1.165, 1.54) is 6.07 Å². The molecule has 102 valence electrons. The molecule has 0 fully saturated rings. The van der Waals surface area contributed by atoms with Gasteiger partial charge in [0.1, 0.15) is 11.2 Å². The highest BCUT2D eigenvalue weighted by atomic mass is 79.9. The van der Waals surface area contributed by atoms with Crippen LogP contribution in [0.25, 0.3) is 10.9 Å². The van der Waals surface area contributed by atoms with Gasteiger partial charge >= 0.3 is 5.51 Å². The molecule has 0 atom stereocenters. The van der Waals surface area contributed by atoms with Crippen LogP contribution in [0.2, 0.25) is 0 Å². The number of benzene rings is 1. The Kier molecular flexibility index (Phi) is 3.29. The van der Waals surface area contributed by atoms with Crippen molar-refractivity contribution in [3.63, 3.8) is 0 Å². The van der Waals surface area contributed by atoms with E-state index in [0.29, 0.717) is 5.69 Å². The van der Waals surface area contributed by atoms with E-state index in [-0.39, 0.29) is 15.4 Å². The van der Waals surface area contributed by atoms with Crippen molar-refractivity contribution in [2.75, 3.05) is 0 Å². The molecule has 19 heavy (non-hydrogen) atoms. The van der Waals surface area contributed by atoms with Crippen molar-refractivity contribution in [1.82, 2.24) is 9.97 Å². The third-order valence-corrected chi connectivity index (χ3v) is 4.42. The van der Waals surface area contributed by atoms with Crippen LogP contribution < -0.4 is 0 Å². The van der Waals surface area contributed by atoms with E-state index in [9.17, 15) is 21.6 Å². The zero-order valence-electron chi connectivity index (χ0n) is 9.36. The highest BCUT2D eigenvalue weighted by molar-refractivity contribution is 9.10. The SMILES string of the molecule is Cc1ncnc2c(S(=O)(=O)C(F)(F)F)cc(Br)cc12. The predicted octanol–water partition coefficient (Wildman–Crippen LogP) is 2.99. The summed E-state index contributed by atoms with van der Waals surface area (Å²) in [4.78, 5) is 6.60. The minimum atomic E-state index is -5.46. The molecule has 1 aromatic heterocycles. The van der Waals surface area contributed by atoms with Crippen molar-refractivity contribution >= 4 is 36.7 Å². The second-order valence-electron chi connectivity index (χ2n) is 3.71. The average molecular weight is 355 g/mol. The second-order valence-corrected chi connectivity index (χ2v) is 6.53. The Morgan fingerprint density at radius 2 is 1.84 bits per heavy atom. The Morgan fingerprint density at radius 1 is 1.21 bits per heavy atom. The van der Waals surface area contributed by atoms with Gasteiger partial charge < -0.3 is 0 Å². The second kappa shape index (κ2) is 4.41. The number of fused-ring (bicyclic) bond motifs is 1. The summed E-state index contributed by atoms with van der Waals surface area (Å²) in [5.41, 5.74) is -5.22. The Morgan fingerprint density at radius 3 is 2.42 bits per heavy atom. The fraction of sp³-hybridized carbons (Fsp3) is 0.200. The van der Waals surface area contributed by atoms with Crippen molar-refractivity contribution in [3.8, 4) is 0 Å². The first-order valence-corrected chi connectivity index (χ1v) is 7.14. The maximum absolute atomic E-state index is 12.6. The highest BCUT2D eigenvalue weighted by Crippen LogP contribution is 2.35. The lowest BCUT2D eigenvalue weighted by molar-refractivity contribution is -0.0435. The summed E-state index contributed by atoms with van der Waals surface area (Å²) >= 11 is 2.99. The van der Waals surface area contributed by atoms with Crippen LogP contribution in [0.15, 0.2) is 27.8 Å². The molecule has 0 amide bonds. The summed E-state index contributed by atoms with van der Waals surface area (Å²) in [7, 11) is -5.46. The highest BCUT2D eigenvalue weighted by Gasteiger charge is 2.48. The molecule has 0 aliphatic rings. The minimum Gasteiger partial charge on any atom is -0.241 e. The zero-order valence-corrected chi connectivity index (χ0v) is 11.8. The number of aryl methyl sites for hydroxylation is 1. The number of alkyl halides is 3. The van der Waals surface area contributed by atoms with Crippen molar-refractivity contribution < 1.29 is 21.6 Å². The summed E-state index contributed by atoms with van der Waals surface area (Å²) in [5.74, 6) is 0. The average Bonchev–Trinajstić information content (AvgIpc) is 2.28. The quantitative estimate of drug-likeness (QED) is 0.789. The maximum atomic E-state index is 12.6. The third kappa shape index (κ3) is 2.32. The van der Waals surface area contributed by atoms with Gasteiger partial charge in [0.2, 0.25) is 0 Å². The smallest absolute Gasteiger partial charge is 0.241 e. The molecular weight excluding hydrogens is 349 g/mol. The first-order valence-electron chi connectivity index (χ1n) is 4.87. The number of nitrogens with zero attached hydrogens (tertiary/aromatic N) is 2. The Labute approximate surface area is 114 Å². The van der Waals surface area contributed by atoms with E-state index in [2.05, 4.69) is 25.9 Å². The van der Waals surface area contributed by atoms with Crippen molar-refractivity contribution in [3.05, 3.63) is 28.6 Å². The molecular formula is C10H6BrF3N2O2S. The molecule has 9 heteroatoms. The molecule has 0 aliphatic heterocycles. The number of aromatic nitrogens is 2. The standard InChI is InChI=1S/C10H6BrF3N2O2S/c1-5-7-2-6(11)3-8(9(7)16-4-15-5)19(17,18)10(12,13)14/h2-4H,1H3. The van der Waals surface area contributed by atoms with Crippen molar-refractivity contribution in [2.45, 2.75) is 17.3 Å². The van der Waals surface area contributed by atoms with E-state index < -0.39 is 20.2 Å². The molecule has 0 spiro atoms. The van der Waals surface area contributed by atoms with Gasteiger partial charge in [-0.15, -0.1) is 0 Å². The first-order chi connectivity index (χ1) is 8.64. The predicted molar refractivity (Wildman–Crippen MR) is 65.2 cm³/mol. The molecule has 0 saturated heterocycles. The Bertz CT molecular complexity index is 759. The minimum absolute atomic E-state index is 0.209. The van der Waals surface area contributed by atoms with Crippen LogP contribution in [-0.2, 0) is 9.84 Å². The van der Waals surface area contributed by atoms with Crippen LogP contribution in [0.5, 0.6) is 0 Å². The fourth-order valence-electron chi connectivity index (χ4n) is 1.56. The number of hydrogen-bond donors (Lipinski definition) is 0. The topological polar surface area (TPSA) is 59.9 Å². The van der Waals surface area contributed by atoms with Crippen molar-refractivity contribution in [2.24, 2.45) is 0 Å². The molecule has 0 saturated carbocycles. The molecule has 4 nitrogen and oxygen atoms in total. The number of rotatable bonds is 1. The van der Waals surface area contributed by atoms with Crippen molar-refractivity contribution in [1.29, 1.82) is 0 Å². The Balaban J connectivity index is 2.93. The third-order valence-electron chi connectivity index (χ3n) is 2.46. The van der Waals surface area contributed by atoms with E-state index in [0.717, 1.165) is 12.4 Å². The van der Waals surface area contributed by atoms with Crippen LogP contribution in [0.1, 0.15) is 5.69 Å². The van der Waals surface area contributed by atoms with Gasteiger partial charge in [0.25, 0.3) is 9.84 Å². The molecule has 0 N–H and O–H groups in total. The van der Waals surface area contributed by atoms with Crippen LogP contribution >= 0.6 is 15.9 Å². The largest absolute Gasteiger partial charge is 0.501 e. The first kappa shape index (κ1) is 14.2. The van der Waals surface area contributed by atoms with Gasteiger partial charge in [0, 0.05) is 15.6 Å². The van der Waals surface area contributed by atoms with Gasteiger partial charge in [-0.05, 0) is 19.1 Å².